The number of ether oxygens (including phenoxy) is 2. The highest BCUT2D eigenvalue weighted by atomic mass is 79.9. The van der Waals surface area contributed by atoms with E-state index < -0.39 is 0 Å². The predicted octanol–water partition coefficient (Wildman–Crippen LogP) is 4.12. The van der Waals surface area contributed by atoms with Crippen LogP contribution in [0.2, 0.25) is 0 Å². The molecule has 0 saturated heterocycles. The van der Waals surface area contributed by atoms with Crippen LogP contribution >= 0.6 is 15.9 Å². The van der Waals surface area contributed by atoms with E-state index in [1.54, 1.807) is 31.4 Å². The van der Waals surface area contributed by atoms with E-state index in [9.17, 15) is 9.59 Å². The Bertz CT molecular complexity index is 854. The van der Waals surface area contributed by atoms with Gasteiger partial charge in [-0.3, -0.25) is 9.59 Å². The molecular weight excluding hydrogens is 438 g/mol. The second-order valence-electron chi connectivity index (χ2n) is 6.10. The number of nitrogens with one attached hydrogen (secondary N) is 2. The molecule has 29 heavy (non-hydrogen) atoms. The molecule has 0 atom stereocenters. The molecule has 0 fully saturated rings. The van der Waals surface area contributed by atoms with Gasteiger partial charge in [0.1, 0.15) is 11.5 Å². The van der Waals surface area contributed by atoms with Crippen molar-refractivity contribution in [2.45, 2.75) is 26.2 Å². The summed E-state index contributed by atoms with van der Waals surface area (Å²) in [7, 11) is 1.57. The summed E-state index contributed by atoms with van der Waals surface area (Å²) in [6, 6.07) is 12.5. The van der Waals surface area contributed by atoms with E-state index in [0.29, 0.717) is 23.8 Å². The van der Waals surface area contributed by atoms with Gasteiger partial charge in [-0.25, -0.2) is 5.43 Å². The molecule has 0 radical (unpaired) electrons. The maximum absolute atomic E-state index is 12.0. The average Bonchev–Trinajstić information content (AvgIpc) is 2.72. The van der Waals surface area contributed by atoms with Crippen LogP contribution in [0.4, 0.5) is 5.69 Å². The first-order chi connectivity index (χ1) is 14.0. The van der Waals surface area contributed by atoms with Gasteiger partial charge in [0.15, 0.2) is 0 Å². The smallest absolute Gasteiger partial charge is 0.240 e. The summed E-state index contributed by atoms with van der Waals surface area (Å²) in [6.45, 7) is 2.62. The lowest BCUT2D eigenvalue weighted by molar-refractivity contribution is -0.124. The van der Waals surface area contributed by atoms with Crippen molar-refractivity contribution in [2.24, 2.45) is 5.10 Å². The zero-order valence-electron chi connectivity index (χ0n) is 16.4. The molecule has 0 spiro atoms. The van der Waals surface area contributed by atoms with Crippen molar-refractivity contribution in [2.75, 3.05) is 19.0 Å². The highest BCUT2D eigenvalue weighted by Crippen LogP contribution is 2.22. The number of halogens is 1. The fraction of sp³-hybridized carbons (Fsp3) is 0.286. The van der Waals surface area contributed by atoms with Crippen LogP contribution in [0.15, 0.2) is 52.0 Å². The molecule has 2 rings (SSSR count). The fourth-order valence-electron chi connectivity index (χ4n) is 2.32. The number of rotatable bonds is 10. The van der Waals surface area contributed by atoms with Gasteiger partial charge in [-0.05, 0) is 48.9 Å². The topological polar surface area (TPSA) is 89.0 Å². The van der Waals surface area contributed by atoms with Crippen LogP contribution in [0.1, 0.15) is 31.7 Å². The van der Waals surface area contributed by atoms with Crippen LogP contribution < -0.4 is 20.2 Å². The van der Waals surface area contributed by atoms with Crippen molar-refractivity contribution in [1.82, 2.24) is 5.43 Å². The fourth-order valence-corrected chi connectivity index (χ4v) is 2.70. The molecule has 0 aliphatic heterocycles. The van der Waals surface area contributed by atoms with E-state index in [1.165, 1.54) is 6.21 Å². The first-order valence-corrected chi connectivity index (χ1v) is 9.99. The number of nitrogens with zero attached hydrogens (tertiary/aromatic N) is 1. The van der Waals surface area contributed by atoms with Crippen LogP contribution in [-0.4, -0.2) is 31.7 Å². The summed E-state index contributed by atoms with van der Waals surface area (Å²) in [6.07, 6.45) is 2.49. The maximum atomic E-state index is 12.0. The van der Waals surface area contributed by atoms with E-state index in [1.807, 2.05) is 25.1 Å². The minimum atomic E-state index is -0.350. The molecule has 0 unspecified atom stereocenters. The lowest BCUT2D eigenvalue weighted by atomic mass is 10.2. The third-order valence-electron chi connectivity index (χ3n) is 3.78. The van der Waals surface area contributed by atoms with Crippen molar-refractivity contribution in [3.63, 3.8) is 0 Å². The predicted molar refractivity (Wildman–Crippen MR) is 117 cm³/mol. The van der Waals surface area contributed by atoms with Crippen molar-refractivity contribution in [1.29, 1.82) is 0 Å². The molecular formula is C21H24BrN3O4. The summed E-state index contributed by atoms with van der Waals surface area (Å²) in [5.74, 6) is 0.787. The molecule has 0 heterocycles. The Hall–Kier alpha value is -2.87. The Labute approximate surface area is 178 Å². The summed E-state index contributed by atoms with van der Waals surface area (Å²) < 4.78 is 11.6. The first kappa shape index (κ1) is 22.4. The van der Waals surface area contributed by atoms with Gasteiger partial charge in [0.05, 0.1) is 19.9 Å². The minimum absolute atomic E-state index is 0.0248. The summed E-state index contributed by atoms with van der Waals surface area (Å²) in [5.41, 5.74) is 3.81. The molecule has 2 amide bonds. The lowest BCUT2D eigenvalue weighted by Crippen LogP contribution is -2.20. The van der Waals surface area contributed by atoms with Crippen LogP contribution in [-0.2, 0) is 9.59 Å². The van der Waals surface area contributed by atoms with Crippen LogP contribution in [0.5, 0.6) is 11.5 Å². The maximum Gasteiger partial charge on any atom is 0.240 e. The zero-order chi connectivity index (χ0) is 21.1. The van der Waals surface area contributed by atoms with Gasteiger partial charge in [0, 0.05) is 28.6 Å². The summed E-state index contributed by atoms with van der Waals surface area (Å²) in [4.78, 5) is 23.9. The van der Waals surface area contributed by atoms with Gasteiger partial charge in [0.25, 0.3) is 0 Å². The summed E-state index contributed by atoms with van der Waals surface area (Å²) >= 11 is 3.41. The van der Waals surface area contributed by atoms with Crippen LogP contribution in [0.3, 0.4) is 0 Å². The van der Waals surface area contributed by atoms with E-state index in [2.05, 4.69) is 31.8 Å². The van der Waals surface area contributed by atoms with Crippen LogP contribution in [0, 0.1) is 0 Å². The number of benzene rings is 2. The normalized spacial score (nSPS) is 10.6. The average molecular weight is 462 g/mol. The molecule has 0 aliphatic rings. The Morgan fingerprint density at radius 3 is 2.52 bits per heavy atom. The molecule has 8 heteroatoms. The van der Waals surface area contributed by atoms with E-state index >= 15 is 0 Å². The number of hydrogen-bond acceptors (Lipinski definition) is 5. The largest absolute Gasteiger partial charge is 0.497 e. The molecule has 2 N–H and O–H groups in total. The van der Waals surface area contributed by atoms with Crippen molar-refractivity contribution in [3.05, 3.63) is 52.5 Å². The highest BCUT2D eigenvalue weighted by Gasteiger charge is 2.07. The summed E-state index contributed by atoms with van der Waals surface area (Å²) in [5, 5.41) is 6.69. The molecule has 0 aromatic heterocycles. The standard InChI is InChI=1S/C21H24BrN3O4/c1-3-12-29-19-9-4-16(22)13-15(19)14-23-25-21(27)11-10-20(26)24-17-5-7-18(28-2)8-6-17/h4-9,13-14H,3,10-12H2,1-2H3,(H,24,26)(H,25,27). The number of anilines is 1. The number of hydrogen-bond donors (Lipinski definition) is 2. The SMILES string of the molecule is CCCOc1ccc(Br)cc1C=NNC(=O)CCC(=O)Nc1ccc(OC)cc1. The van der Waals surface area contributed by atoms with E-state index in [4.69, 9.17) is 9.47 Å². The molecule has 0 saturated carbocycles. The van der Waals surface area contributed by atoms with Crippen molar-refractivity contribution >= 4 is 39.6 Å². The molecule has 0 bridgehead atoms. The molecule has 2 aromatic carbocycles. The minimum Gasteiger partial charge on any atom is -0.497 e. The number of carbonyl (C=O) groups excluding carboxylic acids is 2. The van der Waals surface area contributed by atoms with E-state index in [-0.39, 0.29) is 24.7 Å². The van der Waals surface area contributed by atoms with Gasteiger partial charge in [-0.2, -0.15) is 5.10 Å². The van der Waals surface area contributed by atoms with Crippen molar-refractivity contribution in [3.8, 4) is 11.5 Å². The Kier molecular flexibility index (Phi) is 9.17. The van der Waals surface area contributed by atoms with Gasteiger partial charge < -0.3 is 14.8 Å². The number of carbonyl (C=O) groups is 2. The third-order valence-corrected chi connectivity index (χ3v) is 4.27. The van der Waals surface area contributed by atoms with Crippen LogP contribution in [0.25, 0.3) is 0 Å². The molecule has 2 aromatic rings. The lowest BCUT2D eigenvalue weighted by Gasteiger charge is -2.08. The third kappa shape index (κ3) is 7.95. The molecule has 0 aliphatic carbocycles. The quantitative estimate of drug-likeness (QED) is 0.411. The monoisotopic (exact) mass is 461 g/mol. The van der Waals surface area contributed by atoms with Gasteiger partial charge in [0.2, 0.25) is 11.8 Å². The van der Waals surface area contributed by atoms with Gasteiger partial charge in [-0.1, -0.05) is 22.9 Å². The Morgan fingerprint density at radius 2 is 1.83 bits per heavy atom. The Morgan fingerprint density at radius 1 is 1.10 bits per heavy atom. The van der Waals surface area contributed by atoms with Gasteiger partial charge in [-0.15, -0.1) is 0 Å². The number of methoxy groups -OCH3 is 1. The zero-order valence-corrected chi connectivity index (χ0v) is 18.0. The van der Waals surface area contributed by atoms with Crippen molar-refractivity contribution < 1.29 is 19.1 Å². The highest BCUT2D eigenvalue weighted by molar-refractivity contribution is 9.10. The molecule has 154 valence electrons. The number of hydrazone groups is 1. The van der Waals surface area contributed by atoms with E-state index in [0.717, 1.165) is 16.5 Å². The first-order valence-electron chi connectivity index (χ1n) is 9.20. The number of amides is 2. The van der Waals surface area contributed by atoms with Gasteiger partial charge >= 0.3 is 0 Å². The molecule has 7 nitrogen and oxygen atoms in total. The Balaban J connectivity index is 1.80. The second-order valence-corrected chi connectivity index (χ2v) is 7.02. The second kappa shape index (κ2) is 11.9.